The van der Waals surface area contributed by atoms with Crippen molar-refractivity contribution in [3.63, 3.8) is 0 Å². The first kappa shape index (κ1) is 16.1. The van der Waals surface area contributed by atoms with Crippen LogP contribution in [0.5, 0.6) is 0 Å². The number of nitro benzene ring substituents is 2. The summed E-state index contributed by atoms with van der Waals surface area (Å²) in [5, 5.41) is 22.8. The van der Waals surface area contributed by atoms with E-state index in [4.69, 9.17) is 0 Å². The van der Waals surface area contributed by atoms with Gasteiger partial charge in [0.15, 0.2) is 0 Å². The second-order valence-corrected chi connectivity index (χ2v) is 5.17. The van der Waals surface area contributed by atoms with Gasteiger partial charge in [0.2, 0.25) is 0 Å². The molecule has 0 N–H and O–H groups in total. The monoisotopic (exact) mass is 335 g/mol. The Labute approximate surface area is 143 Å². The van der Waals surface area contributed by atoms with E-state index in [9.17, 15) is 20.2 Å². The van der Waals surface area contributed by atoms with E-state index >= 15 is 0 Å². The zero-order valence-electron chi connectivity index (χ0n) is 13.0. The van der Waals surface area contributed by atoms with Crippen LogP contribution in [0, 0.1) is 20.2 Å². The van der Waals surface area contributed by atoms with Crippen LogP contribution < -0.4 is 4.90 Å². The van der Waals surface area contributed by atoms with Crippen molar-refractivity contribution in [3.05, 3.63) is 99.1 Å². The van der Waals surface area contributed by atoms with Crippen molar-refractivity contribution in [2.75, 3.05) is 4.90 Å². The standard InChI is InChI=1S/C18H13N3O4/c22-20(23)17-13-7-12-16(18(17)21(24)25)19(14-8-3-1-4-9-14)15-10-5-2-6-11-15/h1-13H. The minimum atomic E-state index is -0.740. The number of benzene rings is 3. The van der Waals surface area contributed by atoms with Gasteiger partial charge in [0.05, 0.1) is 9.85 Å². The molecular formula is C18H13N3O4. The van der Waals surface area contributed by atoms with Crippen LogP contribution in [0.1, 0.15) is 0 Å². The molecule has 0 spiro atoms. The third kappa shape index (κ3) is 3.16. The van der Waals surface area contributed by atoms with Gasteiger partial charge < -0.3 is 4.90 Å². The molecule has 0 radical (unpaired) electrons. The van der Waals surface area contributed by atoms with Gasteiger partial charge in [-0.2, -0.15) is 0 Å². The molecule has 124 valence electrons. The molecule has 3 aromatic carbocycles. The van der Waals surface area contributed by atoms with Gasteiger partial charge in [0.1, 0.15) is 5.69 Å². The summed E-state index contributed by atoms with van der Waals surface area (Å²) < 4.78 is 0. The SMILES string of the molecule is O=[N+]([O-])c1cccc(N(c2ccccc2)c2ccccc2)c1[N+](=O)[O-]. The lowest BCUT2D eigenvalue weighted by atomic mass is 10.1. The Balaban J connectivity index is 2.30. The van der Waals surface area contributed by atoms with Gasteiger partial charge in [0, 0.05) is 17.4 Å². The Bertz CT molecular complexity index is 875. The van der Waals surface area contributed by atoms with Crippen molar-refractivity contribution < 1.29 is 9.85 Å². The first-order valence-corrected chi connectivity index (χ1v) is 7.41. The third-order valence-corrected chi connectivity index (χ3v) is 3.64. The number of hydrogen-bond acceptors (Lipinski definition) is 5. The second-order valence-electron chi connectivity index (χ2n) is 5.17. The average Bonchev–Trinajstić information content (AvgIpc) is 2.63. The fraction of sp³-hybridized carbons (Fsp3) is 0. The molecule has 0 atom stereocenters. The number of nitro groups is 2. The van der Waals surface area contributed by atoms with E-state index in [-0.39, 0.29) is 5.69 Å². The van der Waals surface area contributed by atoms with Gasteiger partial charge in [0.25, 0.3) is 0 Å². The number of rotatable bonds is 5. The molecule has 0 aliphatic rings. The minimum absolute atomic E-state index is 0.136. The van der Waals surface area contributed by atoms with Gasteiger partial charge in [-0.15, -0.1) is 0 Å². The summed E-state index contributed by atoms with van der Waals surface area (Å²) >= 11 is 0. The molecule has 0 heterocycles. The van der Waals surface area contributed by atoms with Crippen molar-refractivity contribution >= 4 is 28.4 Å². The smallest absolute Gasteiger partial charge is 0.304 e. The molecule has 0 aliphatic carbocycles. The molecule has 0 aromatic heterocycles. The summed E-state index contributed by atoms with van der Waals surface area (Å²) in [4.78, 5) is 23.0. The third-order valence-electron chi connectivity index (χ3n) is 3.64. The fourth-order valence-electron chi connectivity index (χ4n) is 2.62. The van der Waals surface area contributed by atoms with E-state index < -0.39 is 21.2 Å². The highest BCUT2D eigenvalue weighted by Gasteiger charge is 2.32. The Hall–Kier alpha value is -3.74. The summed E-state index contributed by atoms with van der Waals surface area (Å²) in [7, 11) is 0. The largest absolute Gasteiger partial charge is 0.369 e. The van der Waals surface area contributed by atoms with E-state index in [0.29, 0.717) is 11.4 Å². The Morgan fingerprint density at radius 1 is 0.640 bits per heavy atom. The summed E-state index contributed by atoms with van der Waals surface area (Å²) in [5.74, 6) is 0. The predicted molar refractivity (Wildman–Crippen MR) is 94.4 cm³/mol. The molecule has 0 amide bonds. The van der Waals surface area contributed by atoms with Crippen LogP contribution in [0.2, 0.25) is 0 Å². The summed E-state index contributed by atoms with van der Waals surface area (Å²) in [6.45, 7) is 0. The van der Waals surface area contributed by atoms with Crippen LogP contribution in [0.25, 0.3) is 0 Å². The summed E-state index contributed by atoms with van der Waals surface area (Å²) in [6.07, 6.45) is 0. The van der Waals surface area contributed by atoms with E-state index in [2.05, 4.69) is 0 Å². The lowest BCUT2D eigenvalue weighted by Gasteiger charge is -2.24. The quantitative estimate of drug-likeness (QED) is 0.485. The molecule has 25 heavy (non-hydrogen) atoms. The number of para-hydroxylation sites is 3. The van der Waals surface area contributed by atoms with E-state index in [1.807, 2.05) is 12.1 Å². The molecule has 0 bridgehead atoms. The van der Waals surface area contributed by atoms with Gasteiger partial charge >= 0.3 is 11.4 Å². The minimum Gasteiger partial charge on any atom is -0.304 e. The van der Waals surface area contributed by atoms with Crippen LogP contribution in [0.4, 0.5) is 28.4 Å². The van der Waals surface area contributed by atoms with Crippen LogP contribution in [0.15, 0.2) is 78.9 Å². The lowest BCUT2D eigenvalue weighted by molar-refractivity contribution is -0.421. The fourth-order valence-corrected chi connectivity index (χ4v) is 2.62. The molecule has 0 fully saturated rings. The zero-order chi connectivity index (χ0) is 17.8. The average molecular weight is 335 g/mol. The Morgan fingerprint density at radius 2 is 1.16 bits per heavy atom. The van der Waals surface area contributed by atoms with Gasteiger partial charge in [-0.1, -0.05) is 42.5 Å². The highest BCUT2D eigenvalue weighted by molar-refractivity contribution is 5.85. The van der Waals surface area contributed by atoms with Crippen molar-refractivity contribution in [1.29, 1.82) is 0 Å². The first-order chi connectivity index (χ1) is 12.1. The van der Waals surface area contributed by atoms with Crippen molar-refractivity contribution in [1.82, 2.24) is 0 Å². The predicted octanol–water partition coefficient (Wildman–Crippen LogP) is 4.97. The topological polar surface area (TPSA) is 89.5 Å². The molecule has 0 saturated carbocycles. The van der Waals surface area contributed by atoms with Crippen molar-refractivity contribution in [3.8, 4) is 0 Å². The van der Waals surface area contributed by atoms with Crippen LogP contribution in [-0.4, -0.2) is 9.85 Å². The normalized spacial score (nSPS) is 10.2. The highest BCUT2D eigenvalue weighted by Crippen LogP contribution is 2.43. The maximum absolute atomic E-state index is 11.6. The van der Waals surface area contributed by atoms with E-state index in [1.165, 1.54) is 12.1 Å². The first-order valence-electron chi connectivity index (χ1n) is 7.41. The number of hydrogen-bond donors (Lipinski definition) is 0. The molecule has 0 unspecified atom stereocenters. The van der Waals surface area contributed by atoms with Crippen LogP contribution >= 0.6 is 0 Å². The maximum atomic E-state index is 11.6. The second kappa shape index (κ2) is 6.79. The molecular weight excluding hydrogens is 322 g/mol. The van der Waals surface area contributed by atoms with Gasteiger partial charge in [-0.3, -0.25) is 20.2 Å². The lowest BCUT2D eigenvalue weighted by Crippen LogP contribution is -2.12. The van der Waals surface area contributed by atoms with Gasteiger partial charge in [-0.05, 0) is 30.3 Å². The number of nitrogens with zero attached hydrogens (tertiary/aromatic N) is 3. The molecule has 0 saturated heterocycles. The molecule has 3 rings (SSSR count). The van der Waals surface area contributed by atoms with Crippen LogP contribution in [-0.2, 0) is 0 Å². The highest BCUT2D eigenvalue weighted by atomic mass is 16.6. The number of anilines is 3. The maximum Gasteiger partial charge on any atom is 0.369 e. The molecule has 7 heteroatoms. The molecule has 3 aromatic rings. The van der Waals surface area contributed by atoms with Crippen molar-refractivity contribution in [2.45, 2.75) is 0 Å². The van der Waals surface area contributed by atoms with Crippen LogP contribution in [0.3, 0.4) is 0 Å². The van der Waals surface area contributed by atoms with Gasteiger partial charge in [-0.25, -0.2) is 0 Å². The Kier molecular flexibility index (Phi) is 4.38. The molecule has 0 aliphatic heterocycles. The summed E-state index contributed by atoms with van der Waals surface area (Å²) in [5.41, 5.74) is 0.380. The Morgan fingerprint density at radius 3 is 1.60 bits per heavy atom. The van der Waals surface area contributed by atoms with Crippen molar-refractivity contribution in [2.24, 2.45) is 0 Å². The van der Waals surface area contributed by atoms with E-state index in [1.54, 1.807) is 53.4 Å². The zero-order valence-corrected chi connectivity index (χ0v) is 13.0. The molecule has 7 nitrogen and oxygen atoms in total. The van der Waals surface area contributed by atoms with E-state index in [0.717, 1.165) is 6.07 Å². The summed E-state index contributed by atoms with van der Waals surface area (Å²) in [6, 6.07) is 22.1.